The lowest BCUT2D eigenvalue weighted by molar-refractivity contribution is 0.0960. The summed E-state index contributed by atoms with van der Waals surface area (Å²) in [6.07, 6.45) is 1.80. The van der Waals surface area contributed by atoms with Gasteiger partial charge in [-0.15, -0.1) is 15.7 Å². The molecule has 0 fully saturated rings. The molecule has 0 aliphatic rings. The fourth-order valence-electron chi connectivity index (χ4n) is 3.57. The minimum atomic E-state index is -4.07. The summed E-state index contributed by atoms with van der Waals surface area (Å²) in [6.45, 7) is 5.19. The number of sulfonamides is 1. The topological polar surface area (TPSA) is 138 Å². The number of ether oxygens (including phenoxy) is 1. The predicted molar refractivity (Wildman–Crippen MR) is 130 cm³/mol. The highest BCUT2D eigenvalue weighted by Crippen LogP contribution is 2.31. The van der Waals surface area contributed by atoms with Gasteiger partial charge in [-0.25, -0.2) is 4.98 Å². The fraction of sp³-hybridized carbons (Fsp3) is 0.261. The number of methoxy groups -OCH3 is 1. The number of hydrogen-bond acceptors (Lipinski definition) is 7. The molecule has 0 aliphatic heterocycles. The van der Waals surface area contributed by atoms with Crippen LogP contribution in [-0.4, -0.2) is 38.2 Å². The number of amidine groups is 1. The largest absolute Gasteiger partial charge is 0.496 e. The zero-order valence-electron chi connectivity index (χ0n) is 18.8. The van der Waals surface area contributed by atoms with Crippen LogP contribution in [0.15, 0.2) is 51.2 Å². The van der Waals surface area contributed by atoms with Crippen molar-refractivity contribution in [3.8, 4) is 5.75 Å². The first-order valence-electron chi connectivity index (χ1n) is 10.1. The molecule has 1 unspecified atom stereocenters. The number of benzene rings is 2. The first-order valence-corrected chi connectivity index (χ1v) is 12.4. The maximum Gasteiger partial charge on any atom is 0.284 e. The Balaban J connectivity index is 1.90. The third kappa shape index (κ3) is 5.29. The standard InChI is InChI=1S/C23H26N4O4S2/c1-13-10-19(31-4)14(2)15(3)21(13)33(29,30)27-22(25)17-7-5-6-16(11-17)12-18(24)20(28)23-26-8-9-32-23/h5-11,18H,12,24H2,1-4H3,(H2,25,27). The third-order valence-corrected chi connectivity index (χ3v) is 7.70. The Labute approximate surface area is 197 Å². The fourth-order valence-corrected chi connectivity index (χ4v) is 5.67. The number of ketones is 1. The molecule has 0 spiro atoms. The van der Waals surface area contributed by atoms with E-state index in [0.717, 1.165) is 11.1 Å². The highest BCUT2D eigenvalue weighted by atomic mass is 32.2. The van der Waals surface area contributed by atoms with E-state index in [0.29, 0.717) is 27.4 Å². The Kier molecular flexibility index (Phi) is 7.31. The summed E-state index contributed by atoms with van der Waals surface area (Å²) < 4.78 is 35.4. The summed E-state index contributed by atoms with van der Waals surface area (Å²) in [5.74, 6) is 0.210. The maximum absolute atomic E-state index is 13.1. The normalized spacial score (nSPS) is 13.1. The van der Waals surface area contributed by atoms with E-state index in [1.54, 1.807) is 62.7 Å². The first-order chi connectivity index (χ1) is 15.5. The van der Waals surface area contributed by atoms with Crippen LogP contribution in [0.1, 0.15) is 37.6 Å². The number of aryl methyl sites for hydroxylation is 1. The van der Waals surface area contributed by atoms with Gasteiger partial charge in [0.15, 0.2) is 5.01 Å². The van der Waals surface area contributed by atoms with Crippen molar-refractivity contribution in [2.45, 2.75) is 38.1 Å². The molecule has 2 aromatic carbocycles. The Morgan fingerprint density at radius 1 is 1.21 bits per heavy atom. The molecule has 3 aromatic rings. The van der Waals surface area contributed by atoms with Crippen LogP contribution in [-0.2, 0) is 16.4 Å². The summed E-state index contributed by atoms with van der Waals surface area (Å²) in [6, 6.07) is 7.74. The average molecular weight is 487 g/mol. The van der Waals surface area contributed by atoms with Crippen molar-refractivity contribution in [2.75, 3.05) is 7.11 Å². The van der Waals surface area contributed by atoms with Crippen LogP contribution in [0, 0.1) is 20.8 Å². The summed E-state index contributed by atoms with van der Waals surface area (Å²) in [4.78, 5) is 16.5. The molecule has 174 valence electrons. The number of rotatable bonds is 8. The van der Waals surface area contributed by atoms with Crippen molar-refractivity contribution in [1.29, 1.82) is 0 Å². The monoisotopic (exact) mass is 486 g/mol. The lowest BCUT2D eigenvalue weighted by Crippen LogP contribution is -2.32. The molecule has 8 nitrogen and oxygen atoms in total. The van der Waals surface area contributed by atoms with E-state index >= 15 is 0 Å². The average Bonchev–Trinajstić information content (AvgIpc) is 3.30. The molecule has 1 heterocycles. The Hall–Kier alpha value is -3.08. The number of carbonyl (C=O) groups excluding carboxylic acids is 1. The van der Waals surface area contributed by atoms with Gasteiger partial charge < -0.3 is 16.2 Å². The lowest BCUT2D eigenvalue weighted by Gasteiger charge is -2.15. The van der Waals surface area contributed by atoms with E-state index in [4.69, 9.17) is 16.2 Å². The molecule has 0 saturated carbocycles. The molecule has 4 N–H and O–H groups in total. The minimum absolute atomic E-state index is 0.107. The van der Waals surface area contributed by atoms with Crippen LogP contribution in [0.2, 0.25) is 0 Å². The van der Waals surface area contributed by atoms with Crippen molar-refractivity contribution < 1.29 is 17.9 Å². The van der Waals surface area contributed by atoms with Gasteiger partial charge in [0.05, 0.1) is 18.0 Å². The highest BCUT2D eigenvalue weighted by Gasteiger charge is 2.23. The van der Waals surface area contributed by atoms with Crippen LogP contribution in [0.5, 0.6) is 5.75 Å². The van der Waals surface area contributed by atoms with Crippen LogP contribution < -0.4 is 16.2 Å². The number of thiazole rings is 1. The van der Waals surface area contributed by atoms with Gasteiger partial charge in [-0.1, -0.05) is 18.2 Å². The zero-order valence-corrected chi connectivity index (χ0v) is 20.5. The second-order valence-electron chi connectivity index (χ2n) is 7.64. The molecule has 33 heavy (non-hydrogen) atoms. The van der Waals surface area contributed by atoms with Crippen molar-refractivity contribution >= 4 is 33.0 Å². The van der Waals surface area contributed by atoms with E-state index in [-0.39, 0.29) is 22.9 Å². The number of carbonyl (C=O) groups is 1. The minimum Gasteiger partial charge on any atom is -0.496 e. The van der Waals surface area contributed by atoms with Crippen LogP contribution >= 0.6 is 11.3 Å². The Morgan fingerprint density at radius 2 is 1.94 bits per heavy atom. The van der Waals surface area contributed by atoms with E-state index in [9.17, 15) is 13.2 Å². The van der Waals surface area contributed by atoms with Gasteiger partial charge in [0, 0.05) is 17.1 Å². The van der Waals surface area contributed by atoms with Crippen molar-refractivity contribution in [3.63, 3.8) is 0 Å². The molecular weight excluding hydrogens is 460 g/mol. The van der Waals surface area contributed by atoms with Crippen LogP contribution in [0.4, 0.5) is 0 Å². The molecule has 1 aromatic heterocycles. The molecule has 0 radical (unpaired) electrons. The quantitative estimate of drug-likeness (QED) is 0.284. The smallest absolute Gasteiger partial charge is 0.284 e. The van der Waals surface area contributed by atoms with E-state index in [1.807, 2.05) is 0 Å². The van der Waals surface area contributed by atoms with E-state index in [1.165, 1.54) is 18.4 Å². The van der Waals surface area contributed by atoms with Gasteiger partial charge in [0.25, 0.3) is 10.0 Å². The number of nitrogens with two attached hydrogens (primary N) is 2. The molecule has 1 atom stereocenters. The highest BCUT2D eigenvalue weighted by molar-refractivity contribution is 7.90. The van der Waals surface area contributed by atoms with Gasteiger partial charge in [0.2, 0.25) is 5.78 Å². The van der Waals surface area contributed by atoms with Crippen molar-refractivity contribution in [3.05, 3.63) is 74.7 Å². The summed E-state index contributed by atoms with van der Waals surface area (Å²) >= 11 is 1.23. The second-order valence-corrected chi connectivity index (χ2v) is 10.1. The van der Waals surface area contributed by atoms with Crippen molar-refractivity contribution in [1.82, 2.24) is 4.98 Å². The number of nitrogens with zero attached hydrogens (tertiary/aromatic N) is 2. The molecule has 0 bridgehead atoms. The molecule has 10 heteroatoms. The van der Waals surface area contributed by atoms with E-state index < -0.39 is 16.1 Å². The SMILES string of the molecule is COc1cc(C)c(S(=O)(=O)N=C(N)c2cccc(CC(N)C(=O)c3nccs3)c2)c(C)c1C. The Bertz CT molecular complexity index is 1320. The van der Waals surface area contributed by atoms with Crippen LogP contribution in [0.25, 0.3) is 0 Å². The summed E-state index contributed by atoms with van der Waals surface area (Å²) in [5, 5.41) is 2.07. The third-order valence-electron chi connectivity index (χ3n) is 5.33. The van der Waals surface area contributed by atoms with Crippen molar-refractivity contribution in [2.24, 2.45) is 15.9 Å². The Morgan fingerprint density at radius 3 is 2.58 bits per heavy atom. The summed E-state index contributed by atoms with van der Waals surface area (Å²) in [5.41, 5.74) is 15.1. The number of hydrogen-bond donors (Lipinski definition) is 2. The van der Waals surface area contributed by atoms with Gasteiger partial charge in [0.1, 0.15) is 11.6 Å². The predicted octanol–water partition coefficient (Wildman–Crippen LogP) is 2.92. The first kappa shape index (κ1) is 24.6. The van der Waals surface area contributed by atoms with Gasteiger partial charge >= 0.3 is 0 Å². The van der Waals surface area contributed by atoms with Gasteiger partial charge in [-0.2, -0.15) is 8.42 Å². The molecular formula is C23H26N4O4S2. The summed E-state index contributed by atoms with van der Waals surface area (Å²) in [7, 11) is -2.54. The number of Topliss-reactive ketones (excluding diaryl/α,β-unsaturated/α-hetero) is 1. The molecule has 0 aliphatic carbocycles. The maximum atomic E-state index is 13.1. The number of aromatic nitrogens is 1. The molecule has 0 amide bonds. The molecule has 0 saturated heterocycles. The second kappa shape index (κ2) is 9.82. The zero-order chi connectivity index (χ0) is 24.3. The van der Waals surface area contributed by atoms with Crippen LogP contribution in [0.3, 0.4) is 0 Å². The molecule has 3 rings (SSSR count). The van der Waals surface area contributed by atoms with E-state index in [2.05, 4.69) is 9.38 Å². The lowest BCUT2D eigenvalue weighted by atomic mass is 10.0. The van der Waals surface area contributed by atoms with Gasteiger partial charge in [-0.05, 0) is 61.6 Å². The van der Waals surface area contributed by atoms with Gasteiger partial charge in [-0.3, -0.25) is 4.79 Å².